The summed E-state index contributed by atoms with van der Waals surface area (Å²) in [5.41, 5.74) is 1.30. The molecule has 0 atom stereocenters. The van der Waals surface area contributed by atoms with Gasteiger partial charge in [0.05, 0.1) is 0 Å². The van der Waals surface area contributed by atoms with Crippen LogP contribution < -0.4 is 10.2 Å². The molecule has 0 saturated carbocycles. The SMILES string of the molecule is CC(=O)N1CCN(c2cc(C(=O)NCc3ccncc3)ncn2)CC1. The summed E-state index contributed by atoms with van der Waals surface area (Å²) in [5, 5.41) is 2.84. The molecule has 25 heavy (non-hydrogen) atoms. The first-order valence-electron chi connectivity index (χ1n) is 8.13. The first-order valence-corrected chi connectivity index (χ1v) is 8.13. The van der Waals surface area contributed by atoms with Gasteiger partial charge in [0.1, 0.15) is 17.8 Å². The van der Waals surface area contributed by atoms with Crippen LogP contribution >= 0.6 is 0 Å². The summed E-state index contributed by atoms with van der Waals surface area (Å²) in [6, 6.07) is 5.38. The second kappa shape index (κ2) is 7.69. The van der Waals surface area contributed by atoms with Crippen molar-refractivity contribution in [3.8, 4) is 0 Å². The number of pyridine rings is 1. The van der Waals surface area contributed by atoms with Gasteiger partial charge in [-0.1, -0.05) is 0 Å². The Morgan fingerprint density at radius 3 is 2.52 bits per heavy atom. The minimum absolute atomic E-state index is 0.0820. The summed E-state index contributed by atoms with van der Waals surface area (Å²) in [7, 11) is 0. The van der Waals surface area contributed by atoms with Crippen LogP contribution in [0.4, 0.5) is 5.82 Å². The van der Waals surface area contributed by atoms with E-state index in [9.17, 15) is 9.59 Å². The molecule has 130 valence electrons. The van der Waals surface area contributed by atoms with E-state index in [4.69, 9.17) is 0 Å². The normalized spacial score (nSPS) is 14.3. The van der Waals surface area contributed by atoms with E-state index < -0.39 is 0 Å². The van der Waals surface area contributed by atoms with E-state index in [0.717, 1.165) is 5.56 Å². The number of anilines is 1. The Morgan fingerprint density at radius 2 is 1.84 bits per heavy atom. The van der Waals surface area contributed by atoms with Gasteiger partial charge < -0.3 is 15.1 Å². The lowest BCUT2D eigenvalue weighted by Gasteiger charge is -2.34. The first kappa shape index (κ1) is 16.8. The van der Waals surface area contributed by atoms with Gasteiger partial charge in [-0.25, -0.2) is 9.97 Å². The molecule has 1 aliphatic heterocycles. The second-order valence-corrected chi connectivity index (χ2v) is 5.79. The molecule has 0 radical (unpaired) electrons. The number of aromatic nitrogens is 3. The van der Waals surface area contributed by atoms with Gasteiger partial charge in [-0.3, -0.25) is 14.6 Å². The molecule has 8 nitrogen and oxygen atoms in total. The van der Waals surface area contributed by atoms with E-state index in [-0.39, 0.29) is 11.8 Å². The van der Waals surface area contributed by atoms with Crippen molar-refractivity contribution in [1.29, 1.82) is 0 Å². The lowest BCUT2D eigenvalue weighted by Crippen LogP contribution is -2.48. The van der Waals surface area contributed by atoms with Crippen molar-refractivity contribution in [2.45, 2.75) is 13.5 Å². The molecule has 0 aliphatic carbocycles. The number of carbonyl (C=O) groups is 2. The summed E-state index contributed by atoms with van der Waals surface area (Å²) in [6.45, 7) is 4.68. The van der Waals surface area contributed by atoms with Crippen molar-refractivity contribution in [2.24, 2.45) is 0 Å². The van der Waals surface area contributed by atoms with Gasteiger partial charge in [-0.05, 0) is 17.7 Å². The number of carbonyl (C=O) groups excluding carboxylic acids is 2. The fraction of sp³-hybridized carbons (Fsp3) is 0.353. The third-order valence-corrected chi connectivity index (χ3v) is 4.14. The highest BCUT2D eigenvalue weighted by Crippen LogP contribution is 2.14. The second-order valence-electron chi connectivity index (χ2n) is 5.79. The smallest absolute Gasteiger partial charge is 0.270 e. The van der Waals surface area contributed by atoms with Crippen LogP contribution in [0, 0.1) is 0 Å². The molecule has 0 spiro atoms. The van der Waals surface area contributed by atoms with Crippen LogP contribution in [0.1, 0.15) is 23.0 Å². The van der Waals surface area contributed by atoms with Crippen molar-refractivity contribution >= 4 is 17.6 Å². The van der Waals surface area contributed by atoms with Gasteiger partial charge >= 0.3 is 0 Å². The molecule has 3 rings (SSSR count). The molecule has 3 heterocycles. The summed E-state index contributed by atoms with van der Waals surface area (Å²) in [4.78, 5) is 39.8. The molecule has 2 aromatic heterocycles. The quantitative estimate of drug-likeness (QED) is 0.870. The van der Waals surface area contributed by atoms with Gasteiger partial charge in [0.25, 0.3) is 5.91 Å². The number of hydrogen-bond acceptors (Lipinski definition) is 6. The lowest BCUT2D eigenvalue weighted by molar-refractivity contribution is -0.129. The van der Waals surface area contributed by atoms with E-state index in [0.29, 0.717) is 44.2 Å². The molecule has 1 aliphatic rings. The highest BCUT2D eigenvalue weighted by Gasteiger charge is 2.20. The topological polar surface area (TPSA) is 91.3 Å². The monoisotopic (exact) mass is 340 g/mol. The van der Waals surface area contributed by atoms with Crippen LogP contribution in [0.15, 0.2) is 36.9 Å². The van der Waals surface area contributed by atoms with Crippen molar-refractivity contribution in [3.63, 3.8) is 0 Å². The van der Waals surface area contributed by atoms with E-state index in [1.807, 2.05) is 12.1 Å². The molecular weight excluding hydrogens is 320 g/mol. The molecule has 1 N–H and O–H groups in total. The molecule has 0 unspecified atom stereocenters. The summed E-state index contributed by atoms with van der Waals surface area (Å²) >= 11 is 0. The highest BCUT2D eigenvalue weighted by atomic mass is 16.2. The number of nitrogens with one attached hydrogen (secondary N) is 1. The molecule has 2 amide bonds. The molecule has 8 heteroatoms. The fourth-order valence-corrected chi connectivity index (χ4v) is 2.67. The summed E-state index contributed by atoms with van der Waals surface area (Å²) < 4.78 is 0. The Labute approximate surface area is 145 Å². The minimum atomic E-state index is -0.247. The van der Waals surface area contributed by atoms with E-state index >= 15 is 0 Å². The Morgan fingerprint density at radius 1 is 1.12 bits per heavy atom. The molecule has 0 bridgehead atoms. The third kappa shape index (κ3) is 4.28. The molecule has 1 saturated heterocycles. The molecule has 2 aromatic rings. The molecular formula is C17H20N6O2. The van der Waals surface area contributed by atoms with Crippen LogP contribution in [-0.4, -0.2) is 57.8 Å². The van der Waals surface area contributed by atoms with Gasteiger partial charge in [0.15, 0.2) is 0 Å². The van der Waals surface area contributed by atoms with Crippen molar-refractivity contribution in [2.75, 3.05) is 31.1 Å². The fourth-order valence-electron chi connectivity index (χ4n) is 2.67. The Kier molecular flexibility index (Phi) is 5.17. The maximum absolute atomic E-state index is 12.3. The lowest BCUT2D eigenvalue weighted by atomic mass is 10.2. The maximum atomic E-state index is 12.3. The molecule has 1 fully saturated rings. The number of nitrogens with zero attached hydrogens (tertiary/aromatic N) is 5. The Bertz CT molecular complexity index is 744. The van der Waals surface area contributed by atoms with Gasteiger partial charge in [0.2, 0.25) is 5.91 Å². The van der Waals surface area contributed by atoms with Gasteiger partial charge in [-0.2, -0.15) is 0 Å². The van der Waals surface area contributed by atoms with Crippen LogP contribution in [0.3, 0.4) is 0 Å². The molecule has 0 aromatic carbocycles. The first-order chi connectivity index (χ1) is 12.1. The van der Waals surface area contributed by atoms with Crippen LogP contribution in [0.5, 0.6) is 0 Å². The summed E-state index contributed by atoms with van der Waals surface area (Å²) in [6.07, 6.45) is 4.77. The largest absolute Gasteiger partial charge is 0.353 e. The number of hydrogen-bond donors (Lipinski definition) is 1. The predicted octanol–water partition coefficient (Wildman–Crippen LogP) is 0.470. The average Bonchev–Trinajstić information content (AvgIpc) is 2.67. The number of rotatable bonds is 4. The highest BCUT2D eigenvalue weighted by molar-refractivity contribution is 5.92. The standard InChI is InChI=1S/C17H20N6O2/c1-13(24)22-6-8-23(9-7-22)16-10-15(20-12-21-16)17(25)19-11-14-2-4-18-5-3-14/h2-5,10,12H,6-9,11H2,1H3,(H,19,25). The Balaban J connectivity index is 1.61. The average molecular weight is 340 g/mol. The van der Waals surface area contributed by atoms with E-state index in [2.05, 4.69) is 25.2 Å². The zero-order valence-electron chi connectivity index (χ0n) is 14.1. The Hall–Kier alpha value is -3.03. The third-order valence-electron chi connectivity index (χ3n) is 4.14. The number of amides is 2. The van der Waals surface area contributed by atoms with Gasteiger partial charge in [0, 0.05) is 58.1 Å². The summed E-state index contributed by atoms with van der Waals surface area (Å²) in [5.74, 6) is 0.536. The van der Waals surface area contributed by atoms with Crippen molar-refractivity contribution in [1.82, 2.24) is 25.2 Å². The van der Waals surface area contributed by atoms with E-state index in [1.54, 1.807) is 30.3 Å². The van der Waals surface area contributed by atoms with Gasteiger partial charge in [-0.15, -0.1) is 0 Å². The minimum Gasteiger partial charge on any atom is -0.353 e. The van der Waals surface area contributed by atoms with Crippen molar-refractivity contribution in [3.05, 3.63) is 48.2 Å². The van der Waals surface area contributed by atoms with E-state index in [1.165, 1.54) is 6.33 Å². The maximum Gasteiger partial charge on any atom is 0.270 e. The van der Waals surface area contributed by atoms with Crippen molar-refractivity contribution < 1.29 is 9.59 Å². The van der Waals surface area contributed by atoms with Crippen LogP contribution in [0.25, 0.3) is 0 Å². The predicted molar refractivity (Wildman–Crippen MR) is 91.9 cm³/mol. The zero-order chi connectivity index (χ0) is 17.6. The zero-order valence-corrected chi connectivity index (χ0v) is 14.1. The number of piperazine rings is 1. The van der Waals surface area contributed by atoms with Crippen LogP contribution in [0.2, 0.25) is 0 Å². The van der Waals surface area contributed by atoms with Crippen LogP contribution in [-0.2, 0) is 11.3 Å².